The number of para-hydroxylation sites is 1. The molecule has 1 aromatic carbocycles. The van der Waals surface area contributed by atoms with Crippen molar-refractivity contribution in [1.29, 1.82) is 0 Å². The van der Waals surface area contributed by atoms with E-state index in [2.05, 4.69) is 21.2 Å². The van der Waals surface area contributed by atoms with Crippen LogP contribution in [0.25, 0.3) is 0 Å². The van der Waals surface area contributed by atoms with Crippen LogP contribution in [-0.2, 0) is 9.53 Å². The van der Waals surface area contributed by atoms with Crippen molar-refractivity contribution in [2.75, 3.05) is 13.2 Å². The van der Waals surface area contributed by atoms with E-state index >= 15 is 0 Å². The summed E-state index contributed by atoms with van der Waals surface area (Å²) in [4.78, 5) is 11.9. The molecule has 5 heteroatoms. The second kappa shape index (κ2) is 7.64. The Morgan fingerprint density at radius 3 is 3.05 bits per heavy atom. The second-order valence-corrected chi connectivity index (χ2v) is 5.76. The van der Waals surface area contributed by atoms with Crippen molar-refractivity contribution in [1.82, 2.24) is 5.32 Å². The quantitative estimate of drug-likeness (QED) is 0.865. The van der Waals surface area contributed by atoms with E-state index in [1.807, 2.05) is 24.3 Å². The Balaban J connectivity index is 1.73. The highest BCUT2D eigenvalue weighted by Gasteiger charge is 2.18. The topological polar surface area (TPSA) is 47.6 Å². The van der Waals surface area contributed by atoms with Crippen molar-refractivity contribution in [3.63, 3.8) is 0 Å². The van der Waals surface area contributed by atoms with Crippen molar-refractivity contribution in [3.05, 3.63) is 28.7 Å². The molecule has 2 atom stereocenters. The van der Waals surface area contributed by atoms with E-state index in [1.165, 1.54) is 0 Å². The summed E-state index contributed by atoms with van der Waals surface area (Å²) in [5.41, 5.74) is 0. The summed E-state index contributed by atoms with van der Waals surface area (Å²) in [5, 5.41) is 2.89. The molecule has 0 aromatic heterocycles. The number of carbonyl (C=O) groups is 1. The maximum atomic E-state index is 11.9. The van der Waals surface area contributed by atoms with Crippen LogP contribution in [0.5, 0.6) is 5.75 Å². The van der Waals surface area contributed by atoms with Crippen LogP contribution in [0.3, 0.4) is 0 Å². The highest BCUT2D eigenvalue weighted by Crippen LogP contribution is 2.24. The Morgan fingerprint density at radius 2 is 2.35 bits per heavy atom. The van der Waals surface area contributed by atoms with Crippen LogP contribution >= 0.6 is 15.9 Å². The van der Waals surface area contributed by atoms with Gasteiger partial charge in [0.15, 0.2) is 6.10 Å². The van der Waals surface area contributed by atoms with Crippen LogP contribution in [0.4, 0.5) is 0 Å². The number of benzene rings is 1. The van der Waals surface area contributed by atoms with Gasteiger partial charge in [-0.2, -0.15) is 0 Å². The first kappa shape index (κ1) is 15.3. The minimum absolute atomic E-state index is 0.0984. The summed E-state index contributed by atoms with van der Waals surface area (Å²) in [7, 11) is 0. The number of hydrogen-bond donors (Lipinski definition) is 1. The van der Waals surface area contributed by atoms with Gasteiger partial charge >= 0.3 is 0 Å². The van der Waals surface area contributed by atoms with Gasteiger partial charge in [0.2, 0.25) is 0 Å². The van der Waals surface area contributed by atoms with Gasteiger partial charge in [-0.3, -0.25) is 4.79 Å². The van der Waals surface area contributed by atoms with Gasteiger partial charge in [-0.15, -0.1) is 0 Å². The smallest absolute Gasteiger partial charge is 0.260 e. The molecule has 0 aliphatic carbocycles. The van der Waals surface area contributed by atoms with Gasteiger partial charge in [0.05, 0.1) is 10.6 Å². The summed E-state index contributed by atoms with van der Waals surface area (Å²) in [6.45, 7) is 3.23. The van der Waals surface area contributed by atoms with E-state index in [4.69, 9.17) is 9.47 Å². The highest BCUT2D eigenvalue weighted by atomic mass is 79.9. The van der Waals surface area contributed by atoms with Gasteiger partial charge in [-0.25, -0.2) is 0 Å². The molecule has 4 nitrogen and oxygen atoms in total. The minimum Gasteiger partial charge on any atom is -0.480 e. The molecule has 0 unspecified atom stereocenters. The number of amides is 1. The van der Waals surface area contributed by atoms with E-state index in [0.717, 1.165) is 30.3 Å². The van der Waals surface area contributed by atoms with Crippen molar-refractivity contribution in [2.24, 2.45) is 0 Å². The lowest BCUT2D eigenvalue weighted by Crippen LogP contribution is -2.37. The molecule has 1 amide bonds. The van der Waals surface area contributed by atoms with Gasteiger partial charge in [0.1, 0.15) is 5.75 Å². The van der Waals surface area contributed by atoms with Crippen LogP contribution < -0.4 is 10.1 Å². The third-order valence-electron chi connectivity index (χ3n) is 3.30. The van der Waals surface area contributed by atoms with Crippen LogP contribution in [0.1, 0.15) is 26.2 Å². The first-order valence-electron chi connectivity index (χ1n) is 6.97. The fourth-order valence-electron chi connectivity index (χ4n) is 2.16. The summed E-state index contributed by atoms with van der Waals surface area (Å²) in [5.74, 6) is 0.577. The maximum Gasteiger partial charge on any atom is 0.260 e. The Morgan fingerprint density at radius 1 is 1.55 bits per heavy atom. The van der Waals surface area contributed by atoms with Crippen molar-refractivity contribution < 1.29 is 14.3 Å². The first-order valence-corrected chi connectivity index (χ1v) is 7.76. The monoisotopic (exact) mass is 341 g/mol. The number of halogens is 1. The SMILES string of the molecule is C[C@@H](Oc1ccccc1Br)C(=O)NCC[C@H]1CCCO1. The Labute approximate surface area is 128 Å². The number of ether oxygens (including phenoxy) is 2. The average Bonchev–Trinajstić information content (AvgIpc) is 2.94. The second-order valence-electron chi connectivity index (χ2n) is 4.91. The summed E-state index contributed by atoms with van der Waals surface area (Å²) >= 11 is 3.40. The predicted molar refractivity (Wildman–Crippen MR) is 80.8 cm³/mol. The fraction of sp³-hybridized carbons (Fsp3) is 0.533. The maximum absolute atomic E-state index is 11.9. The van der Waals surface area contributed by atoms with Crippen LogP contribution in [0, 0.1) is 0 Å². The molecule has 1 saturated heterocycles. The number of hydrogen-bond acceptors (Lipinski definition) is 3. The zero-order valence-electron chi connectivity index (χ0n) is 11.6. The molecule has 1 N–H and O–H groups in total. The first-order chi connectivity index (χ1) is 9.66. The molecule has 0 spiro atoms. The van der Waals surface area contributed by atoms with Crippen molar-refractivity contribution in [2.45, 2.75) is 38.4 Å². The van der Waals surface area contributed by atoms with Crippen molar-refractivity contribution in [3.8, 4) is 5.75 Å². The molecule has 0 bridgehead atoms. The number of nitrogens with one attached hydrogen (secondary N) is 1. The third-order valence-corrected chi connectivity index (χ3v) is 3.95. The zero-order chi connectivity index (χ0) is 14.4. The molecule has 0 radical (unpaired) electrons. The normalized spacial score (nSPS) is 19.6. The molecule has 1 aliphatic heterocycles. The van der Waals surface area contributed by atoms with Crippen LogP contribution in [0.2, 0.25) is 0 Å². The molecule has 0 saturated carbocycles. The molecule has 1 heterocycles. The van der Waals surface area contributed by atoms with Crippen LogP contribution in [0.15, 0.2) is 28.7 Å². The minimum atomic E-state index is -0.516. The van der Waals surface area contributed by atoms with Gasteiger partial charge in [-0.1, -0.05) is 12.1 Å². The molecule has 1 aromatic rings. The molecular weight excluding hydrogens is 322 g/mol. The molecule has 1 aliphatic rings. The van der Waals surface area contributed by atoms with E-state index < -0.39 is 6.10 Å². The lowest BCUT2D eigenvalue weighted by Gasteiger charge is -2.16. The summed E-state index contributed by atoms with van der Waals surface area (Å²) < 4.78 is 12.0. The van der Waals surface area contributed by atoms with E-state index in [-0.39, 0.29) is 5.91 Å². The lowest BCUT2D eigenvalue weighted by molar-refractivity contribution is -0.127. The number of carbonyl (C=O) groups excluding carboxylic acids is 1. The van der Waals surface area contributed by atoms with Crippen LogP contribution in [-0.4, -0.2) is 31.3 Å². The van der Waals surface area contributed by atoms with Gasteiger partial charge < -0.3 is 14.8 Å². The Bertz CT molecular complexity index is 446. The Kier molecular flexibility index (Phi) is 5.86. The van der Waals surface area contributed by atoms with E-state index in [9.17, 15) is 4.79 Å². The number of rotatable bonds is 6. The average molecular weight is 342 g/mol. The molecule has 1 fully saturated rings. The lowest BCUT2D eigenvalue weighted by atomic mass is 10.2. The highest BCUT2D eigenvalue weighted by molar-refractivity contribution is 9.10. The zero-order valence-corrected chi connectivity index (χ0v) is 13.2. The van der Waals surface area contributed by atoms with Gasteiger partial charge in [0, 0.05) is 13.2 Å². The van der Waals surface area contributed by atoms with E-state index in [0.29, 0.717) is 18.4 Å². The molecule has 20 heavy (non-hydrogen) atoms. The fourth-order valence-corrected chi connectivity index (χ4v) is 2.53. The summed E-state index contributed by atoms with van der Waals surface area (Å²) in [6, 6.07) is 7.50. The van der Waals surface area contributed by atoms with Gasteiger partial charge in [0.25, 0.3) is 5.91 Å². The standard InChI is InChI=1S/C15H20BrNO3/c1-11(20-14-7-3-2-6-13(14)16)15(18)17-9-8-12-5-4-10-19-12/h2-3,6-7,11-12H,4-5,8-10H2,1H3,(H,17,18)/t11-,12-/m1/s1. The Hall–Kier alpha value is -1.07. The van der Waals surface area contributed by atoms with E-state index in [1.54, 1.807) is 6.92 Å². The largest absolute Gasteiger partial charge is 0.480 e. The van der Waals surface area contributed by atoms with Crippen molar-refractivity contribution >= 4 is 21.8 Å². The molecular formula is C15H20BrNO3. The summed E-state index contributed by atoms with van der Waals surface area (Å²) in [6.07, 6.45) is 2.87. The third kappa shape index (κ3) is 4.49. The van der Waals surface area contributed by atoms with Gasteiger partial charge in [-0.05, 0) is 54.2 Å². The predicted octanol–water partition coefficient (Wildman–Crippen LogP) is 2.90. The molecule has 2 rings (SSSR count). The molecule has 110 valence electrons.